The van der Waals surface area contributed by atoms with Crippen molar-refractivity contribution in [2.45, 2.75) is 24.8 Å². The topological polar surface area (TPSA) is 59.6 Å². The Labute approximate surface area is 192 Å². The van der Waals surface area contributed by atoms with Gasteiger partial charge in [0, 0.05) is 17.7 Å². The van der Waals surface area contributed by atoms with E-state index in [0.29, 0.717) is 29.9 Å². The number of ether oxygens (including phenoxy) is 2. The summed E-state index contributed by atoms with van der Waals surface area (Å²) in [5.41, 5.74) is 5.28. The summed E-state index contributed by atoms with van der Waals surface area (Å²) in [6.07, 6.45) is 1.05. The highest BCUT2D eigenvalue weighted by molar-refractivity contribution is 6.01. The molecule has 3 aromatic carbocycles. The number of hydrogen-bond donors (Lipinski definition) is 2. The molecular formula is C27H25FN2O3. The highest BCUT2D eigenvalue weighted by atomic mass is 19.1. The number of carbonyl (C=O) groups is 1. The number of hydrogen-bond acceptors (Lipinski definition) is 5. The molecule has 1 aliphatic carbocycles. The number of methoxy groups -OCH3 is 2. The first-order valence-electron chi connectivity index (χ1n) is 10.9. The molecule has 2 aliphatic rings. The van der Waals surface area contributed by atoms with Gasteiger partial charge in [0.2, 0.25) is 0 Å². The van der Waals surface area contributed by atoms with Gasteiger partial charge in [-0.1, -0.05) is 30.3 Å². The second-order valence-corrected chi connectivity index (χ2v) is 8.33. The van der Waals surface area contributed by atoms with Crippen molar-refractivity contribution in [3.05, 3.63) is 94.9 Å². The van der Waals surface area contributed by atoms with Crippen LogP contribution < -0.4 is 20.1 Å². The molecule has 0 radical (unpaired) electrons. The summed E-state index contributed by atoms with van der Waals surface area (Å²) in [7, 11) is 3.21. The molecule has 0 bridgehead atoms. The molecule has 0 spiro atoms. The van der Waals surface area contributed by atoms with Gasteiger partial charge in [0.15, 0.2) is 17.3 Å². The molecular weight excluding hydrogens is 419 g/mol. The van der Waals surface area contributed by atoms with Crippen molar-refractivity contribution >= 4 is 17.2 Å². The molecule has 0 amide bonds. The van der Waals surface area contributed by atoms with E-state index in [9.17, 15) is 9.18 Å². The number of Topliss-reactive ketones (excluding diaryl/α,β-unsaturated/α-hetero) is 1. The number of fused-ring (bicyclic) bond motifs is 1. The second-order valence-electron chi connectivity index (χ2n) is 8.33. The maximum atomic E-state index is 13.6. The Morgan fingerprint density at radius 3 is 2.27 bits per heavy atom. The van der Waals surface area contributed by atoms with Crippen LogP contribution in [0, 0.1) is 5.82 Å². The van der Waals surface area contributed by atoms with E-state index < -0.39 is 0 Å². The van der Waals surface area contributed by atoms with Crippen LogP contribution in [-0.2, 0) is 4.79 Å². The van der Waals surface area contributed by atoms with Crippen molar-refractivity contribution in [1.29, 1.82) is 0 Å². The highest BCUT2D eigenvalue weighted by Gasteiger charge is 2.36. The number of para-hydroxylation sites is 2. The van der Waals surface area contributed by atoms with Crippen LogP contribution in [0.5, 0.6) is 11.5 Å². The van der Waals surface area contributed by atoms with Crippen LogP contribution in [0.3, 0.4) is 0 Å². The summed E-state index contributed by atoms with van der Waals surface area (Å²) in [6, 6.07) is 19.7. The van der Waals surface area contributed by atoms with Crippen molar-refractivity contribution in [3.8, 4) is 11.5 Å². The Morgan fingerprint density at radius 2 is 1.55 bits per heavy atom. The number of rotatable bonds is 4. The average molecular weight is 445 g/mol. The molecule has 2 atom stereocenters. The maximum Gasteiger partial charge on any atom is 0.163 e. The van der Waals surface area contributed by atoms with E-state index >= 15 is 0 Å². The van der Waals surface area contributed by atoms with Gasteiger partial charge in [-0.3, -0.25) is 4.79 Å². The molecule has 6 heteroatoms. The zero-order chi connectivity index (χ0) is 22.9. The first-order chi connectivity index (χ1) is 16.1. The molecule has 2 N–H and O–H groups in total. The van der Waals surface area contributed by atoms with Crippen LogP contribution >= 0.6 is 0 Å². The minimum atomic E-state index is -0.365. The molecule has 5 nitrogen and oxygen atoms in total. The number of anilines is 2. The molecule has 3 aromatic rings. The molecule has 1 aliphatic heterocycles. The second kappa shape index (κ2) is 8.62. The minimum absolute atomic E-state index is 0.00249. The summed E-state index contributed by atoms with van der Waals surface area (Å²) in [4.78, 5) is 13.6. The van der Waals surface area contributed by atoms with Gasteiger partial charge >= 0.3 is 0 Å². The first kappa shape index (κ1) is 21.1. The zero-order valence-corrected chi connectivity index (χ0v) is 18.5. The normalized spacial score (nSPS) is 19.5. The van der Waals surface area contributed by atoms with Gasteiger partial charge in [-0.15, -0.1) is 0 Å². The number of benzene rings is 3. The highest BCUT2D eigenvalue weighted by Crippen LogP contribution is 2.45. The number of ketones is 1. The van der Waals surface area contributed by atoms with E-state index in [1.165, 1.54) is 12.1 Å². The number of halogens is 1. The maximum absolute atomic E-state index is 13.6. The Balaban J connectivity index is 1.57. The number of carbonyl (C=O) groups excluding carboxylic acids is 1. The van der Waals surface area contributed by atoms with Crippen molar-refractivity contribution in [2.75, 3.05) is 24.9 Å². The SMILES string of the molecule is COc1ccc([C@H]2CC(=O)C3=C(C2)Nc2ccccc2N[C@@H]3c2ccc(F)cc2)cc1OC. The zero-order valence-electron chi connectivity index (χ0n) is 18.5. The van der Waals surface area contributed by atoms with E-state index in [0.717, 1.165) is 28.2 Å². The lowest BCUT2D eigenvalue weighted by Crippen LogP contribution is -2.26. The van der Waals surface area contributed by atoms with Gasteiger partial charge in [0.1, 0.15) is 5.82 Å². The van der Waals surface area contributed by atoms with Gasteiger partial charge in [0.25, 0.3) is 0 Å². The van der Waals surface area contributed by atoms with Crippen molar-refractivity contribution < 1.29 is 18.7 Å². The van der Waals surface area contributed by atoms with E-state index in [1.54, 1.807) is 26.4 Å². The Morgan fingerprint density at radius 1 is 0.848 bits per heavy atom. The van der Waals surface area contributed by atoms with Crippen LogP contribution in [-0.4, -0.2) is 20.0 Å². The molecule has 1 heterocycles. The molecule has 0 saturated heterocycles. The predicted molar refractivity (Wildman–Crippen MR) is 126 cm³/mol. The Kier molecular flexibility index (Phi) is 5.50. The fraction of sp³-hybridized carbons (Fsp3) is 0.222. The summed E-state index contributed by atoms with van der Waals surface area (Å²) < 4.78 is 24.4. The van der Waals surface area contributed by atoms with Gasteiger partial charge in [-0.2, -0.15) is 0 Å². The fourth-order valence-corrected chi connectivity index (χ4v) is 4.74. The van der Waals surface area contributed by atoms with Crippen LogP contribution in [0.4, 0.5) is 15.8 Å². The molecule has 0 unspecified atom stereocenters. The standard InChI is InChI=1S/C27H25FN2O3/c1-32-24-12-9-17(15-25(24)33-2)18-13-22-26(23(31)14-18)27(16-7-10-19(28)11-8-16)30-21-6-4-3-5-20(21)29-22/h3-12,15,18,27,29-30H,13-14H2,1-2H3/t18-,27-/m1/s1. The Hall–Kier alpha value is -3.80. The lowest BCUT2D eigenvalue weighted by Gasteiger charge is -2.30. The van der Waals surface area contributed by atoms with Crippen molar-refractivity contribution in [2.24, 2.45) is 0 Å². The fourth-order valence-electron chi connectivity index (χ4n) is 4.74. The molecule has 0 saturated carbocycles. The van der Waals surface area contributed by atoms with Crippen molar-refractivity contribution in [1.82, 2.24) is 0 Å². The molecule has 0 aromatic heterocycles. The summed E-state index contributed by atoms with van der Waals surface area (Å²) in [5, 5.41) is 7.03. The predicted octanol–water partition coefficient (Wildman–Crippen LogP) is 5.82. The molecule has 33 heavy (non-hydrogen) atoms. The summed E-state index contributed by atoms with van der Waals surface area (Å²) in [6.45, 7) is 0. The number of allylic oxidation sites excluding steroid dienone is 1. The van der Waals surface area contributed by atoms with Crippen LogP contribution in [0.2, 0.25) is 0 Å². The quantitative estimate of drug-likeness (QED) is 0.531. The van der Waals surface area contributed by atoms with Gasteiger partial charge in [-0.05, 0) is 59.9 Å². The first-order valence-corrected chi connectivity index (χ1v) is 10.9. The Bertz CT molecular complexity index is 1240. The van der Waals surface area contributed by atoms with Crippen LogP contribution in [0.1, 0.15) is 35.9 Å². The largest absolute Gasteiger partial charge is 0.493 e. The van der Waals surface area contributed by atoms with Crippen molar-refractivity contribution in [3.63, 3.8) is 0 Å². The van der Waals surface area contributed by atoms with E-state index in [1.807, 2.05) is 42.5 Å². The lowest BCUT2D eigenvalue weighted by molar-refractivity contribution is -0.116. The van der Waals surface area contributed by atoms with Gasteiger partial charge in [0.05, 0.1) is 31.6 Å². The van der Waals surface area contributed by atoms with Crippen LogP contribution in [0.15, 0.2) is 78.0 Å². The monoisotopic (exact) mass is 444 g/mol. The van der Waals surface area contributed by atoms with Gasteiger partial charge in [-0.25, -0.2) is 4.39 Å². The van der Waals surface area contributed by atoms with E-state index in [4.69, 9.17) is 9.47 Å². The third kappa shape index (κ3) is 3.93. The van der Waals surface area contributed by atoms with Crippen LogP contribution in [0.25, 0.3) is 0 Å². The average Bonchev–Trinajstić information content (AvgIpc) is 3.01. The molecule has 0 fully saturated rings. The third-order valence-corrected chi connectivity index (χ3v) is 6.39. The van der Waals surface area contributed by atoms with E-state index in [-0.39, 0.29) is 23.6 Å². The lowest BCUT2D eigenvalue weighted by atomic mass is 9.78. The number of nitrogens with one attached hydrogen (secondary N) is 2. The van der Waals surface area contributed by atoms with Gasteiger partial charge < -0.3 is 20.1 Å². The minimum Gasteiger partial charge on any atom is -0.493 e. The van der Waals surface area contributed by atoms with E-state index in [2.05, 4.69) is 10.6 Å². The summed E-state index contributed by atoms with van der Waals surface area (Å²) in [5.74, 6) is 1.07. The molecule has 5 rings (SSSR count). The molecule has 168 valence electrons. The summed E-state index contributed by atoms with van der Waals surface area (Å²) >= 11 is 0. The smallest absolute Gasteiger partial charge is 0.163 e. The third-order valence-electron chi connectivity index (χ3n) is 6.39.